The fraction of sp³-hybridized carbons (Fsp3) is 0.118. The number of benzene rings is 2. The van der Waals surface area contributed by atoms with Gasteiger partial charge in [-0.25, -0.2) is 0 Å². The zero-order valence-corrected chi connectivity index (χ0v) is 11.3. The van der Waals surface area contributed by atoms with Crippen LogP contribution in [0.1, 0.15) is 22.8 Å². The number of rotatable bonds is 5. The molecule has 0 atom stereocenters. The average molecular weight is 268 g/mol. The van der Waals surface area contributed by atoms with E-state index in [4.69, 9.17) is 4.74 Å². The van der Waals surface area contributed by atoms with Crippen molar-refractivity contribution in [2.24, 2.45) is 0 Å². The van der Waals surface area contributed by atoms with Crippen LogP contribution < -0.4 is 4.74 Å². The zero-order chi connectivity index (χ0) is 14.5. The van der Waals surface area contributed by atoms with E-state index in [1.807, 2.05) is 6.92 Å². The fourth-order valence-electron chi connectivity index (χ4n) is 1.69. The first-order valence-corrected chi connectivity index (χ1v) is 6.27. The fourth-order valence-corrected chi connectivity index (χ4v) is 1.69. The molecule has 2 rings (SSSR count). The van der Waals surface area contributed by atoms with Gasteiger partial charge in [0, 0.05) is 11.1 Å². The van der Waals surface area contributed by atoms with E-state index in [0.717, 1.165) is 5.57 Å². The predicted molar refractivity (Wildman–Crippen MR) is 78.3 cm³/mol. The molecule has 0 unspecified atom stereocenters. The van der Waals surface area contributed by atoms with Crippen molar-refractivity contribution < 1.29 is 14.6 Å². The second-order valence-electron chi connectivity index (χ2n) is 4.65. The lowest BCUT2D eigenvalue weighted by Gasteiger charge is -2.06. The van der Waals surface area contributed by atoms with Crippen LogP contribution in [0.2, 0.25) is 0 Å². The molecule has 0 aromatic heterocycles. The number of aromatic hydroxyl groups is 1. The third-order valence-electron chi connectivity index (χ3n) is 2.73. The molecule has 102 valence electrons. The Morgan fingerprint density at radius 3 is 2.05 bits per heavy atom. The SMILES string of the molecule is C=C(C)COc1ccc(C(=O)c2ccc(O)cc2)cc1. The predicted octanol–water partition coefficient (Wildman–Crippen LogP) is 3.58. The molecule has 0 aliphatic heterocycles. The summed E-state index contributed by atoms with van der Waals surface area (Å²) in [4.78, 5) is 12.2. The minimum atomic E-state index is -0.0866. The van der Waals surface area contributed by atoms with E-state index in [-0.39, 0.29) is 11.5 Å². The average Bonchev–Trinajstić information content (AvgIpc) is 2.46. The number of hydrogen-bond donors (Lipinski definition) is 1. The third-order valence-corrected chi connectivity index (χ3v) is 2.73. The van der Waals surface area contributed by atoms with E-state index in [0.29, 0.717) is 23.5 Å². The lowest BCUT2D eigenvalue weighted by molar-refractivity contribution is 0.103. The highest BCUT2D eigenvalue weighted by Gasteiger charge is 2.09. The van der Waals surface area contributed by atoms with E-state index in [9.17, 15) is 9.90 Å². The second kappa shape index (κ2) is 6.06. The maximum Gasteiger partial charge on any atom is 0.193 e. The van der Waals surface area contributed by atoms with Gasteiger partial charge in [0.2, 0.25) is 0 Å². The highest BCUT2D eigenvalue weighted by atomic mass is 16.5. The van der Waals surface area contributed by atoms with Gasteiger partial charge in [-0.3, -0.25) is 4.79 Å². The summed E-state index contributed by atoms with van der Waals surface area (Å²) in [7, 11) is 0. The normalized spacial score (nSPS) is 10.1. The van der Waals surface area contributed by atoms with E-state index >= 15 is 0 Å². The minimum Gasteiger partial charge on any atom is -0.508 e. The molecule has 2 aromatic carbocycles. The number of phenolic OH excluding ortho intramolecular Hbond substituents is 1. The van der Waals surface area contributed by atoms with E-state index in [1.54, 1.807) is 36.4 Å². The molecule has 0 bridgehead atoms. The van der Waals surface area contributed by atoms with Crippen LogP contribution in [0.25, 0.3) is 0 Å². The number of ketones is 1. The van der Waals surface area contributed by atoms with Gasteiger partial charge in [0.05, 0.1) is 0 Å². The molecular weight excluding hydrogens is 252 g/mol. The molecule has 20 heavy (non-hydrogen) atoms. The van der Waals surface area contributed by atoms with Crippen LogP contribution in [0, 0.1) is 0 Å². The second-order valence-corrected chi connectivity index (χ2v) is 4.65. The molecule has 1 N–H and O–H groups in total. The third kappa shape index (κ3) is 3.48. The molecule has 0 aliphatic rings. The highest BCUT2D eigenvalue weighted by molar-refractivity contribution is 6.09. The summed E-state index contributed by atoms with van der Waals surface area (Å²) in [6, 6.07) is 13.2. The Morgan fingerprint density at radius 1 is 1.05 bits per heavy atom. The first-order valence-electron chi connectivity index (χ1n) is 6.27. The van der Waals surface area contributed by atoms with Gasteiger partial charge in [0.1, 0.15) is 18.1 Å². The minimum absolute atomic E-state index is 0.0866. The van der Waals surface area contributed by atoms with Gasteiger partial charge in [0.15, 0.2) is 5.78 Å². The standard InChI is InChI=1S/C17H16O3/c1-12(2)11-20-16-9-5-14(6-10-16)17(19)13-3-7-15(18)8-4-13/h3-10,18H,1,11H2,2H3. The molecule has 0 radical (unpaired) electrons. The number of phenols is 1. The summed E-state index contributed by atoms with van der Waals surface area (Å²) < 4.78 is 5.48. The van der Waals surface area contributed by atoms with Crippen molar-refractivity contribution in [2.45, 2.75) is 6.92 Å². The van der Waals surface area contributed by atoms with Crippen LogP contribution in [-0.4, -0.2) is 17.5 Å². The van der Waals surface area contributed by atoms with Crippen LogP contribution >= 0.6 is 0 Å². The van der Waals surface area contributed by atoms with Crippen molar-refractivity contribution in [1.82, 2.24) is 0 Å². The van der Waals surface area contributed by atoms with E-state index in [1.165, 1.54) is 12.1 Å². The van der Waals surface area contributed by atoms with Crippen molar-refractivity contribution >= 4 is 5.78 Å². The van der Waals surface area contributed by atoms with Crippen molar-refractivity contribution in [1.29, 1.82) is 0 Å². The highest BCUT2D eigenvalue weighted by Crippen LogP contribution is 2.17. The van der Waals surface area contributed by atoms with Crippen molar-refractivity contribution in [2.75, 3.05) is 6.61 Å². The molecule has 0 aliphatic carbocycles. The quantitative estimate of drug-likeness (QED) is 0.666. The van der Waals surface area contributed by atoms with Crippen LogP contribution in [0.5, 0.6) is 11.5 Å². The molecule has 0 saturated heterocycles. The monoisotopic (exact) mass is 268 g/mol. The molecule has 3 heteroatoms. The van der Waals surface area contributed by atoms with Gasteiger partial charge in [-0.1, -0.05) is 6.58 Å². The Kier molecular flexibility index (Phi) is 4.20. The van der Waals surface area contributed by atoms with Gasteiger partial charge >= 0.3 is 0 Å². The number of carbonyl (C=O) groups excluding carboxylic acids is 1. The molecule has 0 spiro atoms. The lowest BCUT2D eigenvalue weighted by Crippen LogP contribution is -2.02. The van der Waals surface area contributed by atoms with Gasteiger partial charge in [0.25, 0.3) is 0 Å². The molecular formula is C17H16O3. The Bertz CT molecular complexity index is 610. The smallest absolute Gasteiger partial charge is 0.193 e. The summed E-state index contributed by atoms with van der Waals surface area (Å²) in [5.74, 6) is 0.761. The largest absolute Gasteiger partial charge is 0.508 e. The van der Waals surface area contributed by atoms with Gasteiger partial charge in [-0.05, 0) is 61.0 Å². The first-order chi connectivity index (χ1) is 9.56. The molecule has 0 fully saturated rings. The Labute approximate surface area is 118 Å². The maximum absolute atomic E-state index is 12.2. The summed E-state index contributed by atoms with van der Waals surface area (Å²) in [6.07, 6.45) is 0. The van der Waals surface area contributed by atoms with Gasteiger partial charge in [-0.15, -0.1) is 0 Å². The number of hydrogen-bond acceptors (Lipinski definition) is 3. The number of ether oxygens (including phenoxy) is 1. The van der Waals surface area contributed by atoms with Crippen LogP contribution in [0.15, 0.2) is 60.7 Å². The molecule has 0 saturated carbocycles. The van der Waals surface area contributed by atoms with E-state index < -0.39 is 0 Å². The van der Waals surface area contributed by atoms with Gasteiger partial charge < -0.3 is 9.84 Å². The zero-order valence-electron chi connectivity index (χ0n) is 11.3. The molecule has 0 heterocycles. The Morgan fingerprint density at radius 2 is 1.55 bits per heavy atom. The maximum atomic E-state index is 12.2. The Balaban J connectivity index is 2.11. The Hall–Kier alpha value is -2.55. The van der Waals surface area contributed by atoms with Crippen LogP contribution in [-0.2, 0) is 0 Å². The summed E-state index contributed by atoms with van der Waals surface area (Å²) >= 11 is 0. The molecule has 0 amide bonds. The first kappa shape index (κ1) is 13.9. The topological polar surface area (TPSA) is 46.5 Å². The van der Waals surface area contributed by atoms with Crippen LogP contribution in [0.3, 0.4) is 0 Å². The van der Waals surface area contributed by atoms with Gasteiger partial charge in [-0.2, -0.15) is 0 Å². The number of carbonyl (C=O) groups is 1. The van der Waals surface area contributed by atoms with Crippen molar-refractivity contribution in [3.05, 3.63) is 71.8 Å². The van der Waals surface area contributed by atoms with E-state index in [2.05, 4.69) is 6.58 Å². The molecule has 2 aromatic rings. The summed E-state index contributed by atoms with van der Waals surface area (Å²) in [5, 5.41) is 9.21. The summed E-state index contributed by atoms with van der Waals surface area (Å²) in [6.45, 7) is 6.12. The lowest BCUT2D eigenvalue weighted by atomic mass is 10.0. The summed E-state index contributed by atoms with van der Waals surface area (Å²) in [5.41, 5.74) is 2.06. The van der Waals surface area contributed by atoms with Crippen LogP contribution in [0.4, 0.5) is 0 Å². The molecule has 3 nitrogen and oxygen atoms in total. The van der Waals surface area contributed by atoms with Crippen molar-refractivity contribution in [3.8, 4) is 11.5 Å². The van der Waals surface area contributed by atoms with Crippen molar-refractivity contribution in [3.63, 3.8) is 0 Å².